The highest BCUT2D eigenvalue weighted by molar-refractivity contribution is 5.80. The van der Waals surface area contributed by atoms with Crippen LogP contribution in [0.15, 0.2) is 29.3 Å². The van der Waals surface area contributed by atoms with Gasteiger partial charge in [-0.05, 0) is 57.7 Å². The maximum absolute atomic E-state index is 11.7. The highest BCUT2D eigenvalue weighted by Crippen LogP contribution is 2.20. The van der Waals surface area contributed by atoms with Crippen LogP contribution < -0.4 is 20.7 Å². The molecule has 156 valence electrons. The molecule has 1 aromatic rings. The fraction of sp³-hybridized carbons (Fsp3) is 0.619. The number of guanidine groups is 1. The van der Waals surface area contributed by atoms with E-state index in [-0.39, 0.29) is 18.6 Å². The molecule has 1 aliphatic carbocycles. The number of aliphatic hydroxyl groups excluding tert-OH is 1. The Morgan fingerprint density at radius 3 is 2.79 bits per heavy atom. The van der Waals surface area contributed by atoms with Crippen molar-refractivity contribution < 1.29 is 14.6 Å². The number of aliphatic imine (C=N–C) groups is 1. The number of nitrogens with one attached hydrogen (secondary N) is 3. The minimum atomic E-state index is -0.713. The molecular weight excluding hydrogens is 356 g/mol. The summed E-state index contributed by atoms with van der Waals surface area (Å²) in [4.78, 5) is 16.2. The summed E-state index contributed by atoms with van der Waals surface area (Å²) >= 11 is 0. The molecule has 0 spiro atoms. The topological polar surface area (TPSA) is 95.0 Å². The maximum atomic E-state index is 11.7. The number of nitrogens with zero attached hydrogens (tertiary/aromatic N) is 1. The largest absolute Gasteiger partial charge is 0.491 e. The van der Waals surface area contributed by atoms with Crippen LogP contribution in [0, 0.1) is 0 Å². The van der Waals surface area contributed by atoms with Gasteiger partial charge in [-0.1, -0.05) is 12.1 Å². The Bertz CT molecular complexity index is 644. The van der Waals surface area contributed by atoms with Crippen molar-refractivity contribution in [1.82, 2.24) is 16.0 Å². The molecular formula is C21H34N4O3. The second-order valence-electron chi connectivity index (χ2n) is 7.35. The summed E-state index contributed by atoms with van der Waals surface area (Å²) in [7, 11) is 0. The molecule has 0 bridgehead atoms. The molecule has 1 saturated carbocycles. The first-order valence-electron chi connectivity index (χ1n) is 10.2. The fourth-order valence-electron chi connectivity index (χ4n) is 2.68. The van der Waals surface area contributed by atoms with Gasteiger partial charge in [-0.2, -0.15) is 0 Å². The number of benzene rings is 1. The Morgan fingerprint density at radius 2 is 2.11 bits per heavy atom. The number of carbonyl (C=O) groups is 1. The lowest BCUT2D eigenvalue weighted by Crippen LogP contribution is -2.38. The van der Waals surface area contributed by atoms with Crippen molar-refractivity contribution in [3.63, 3.8) is 0 Å². The van der Waals surface area contributed by atoms with Crippen LogP contribution in [0.25, 0.3) is 0 Å². The van der Waals surface area contributed by atoms with Crippen molar-refractivity contribution >= 4 is 11.9 Å². The monoisotopic (exact) mass is 390 g/mol. The number of hydrogen-bond acceptors (Lipinski definition) is 4. The molecule has 2 rings (SSSR count). The molecule has 1 aliphatic rings. The molecule has 7 heteroatoms. The Kier molecular flexibility index (Phi) is 9.07. The normalized spacial score (nSPS) is 15.2. The van der Waals surface area contributed by atoms with E-state index in [1.54, 1.807) is 0 Å². The molecule has 0 saturated heterocycles. The molecule has 0 heterocycles. The van der Waals surface area contributed by atoms with E-state index in [9.17, 15) is 9.90 Å². The summed E-state index contributed by atoms with van der Waals surface area (Å²) in [5.74, 6) is 1.49. The Labute approximate surface area is 168 Å². The molecule has 1 aromatic carbocycles. The quantitative estimate of drug-likeness (QED) is 0.264. The average molecular weight is 391 g/mol. The van der Waals surface area contributed by atoms with E-state index in [0.29, 0.717) is 25.0 Å². The van der Waals surface area contributed by atoms with Crippen LogP contribution in [0.4, 0.5) is 0 Å². The van der Waals surface area contributed by atoms with Crippen molar-refractivity contribution in [2.45, 2.75) is 64.7 Å². The van der Waals surface area contributed by atoms with Gasteiger partial charge in [-0.25, -0.2) is 0 Å². The van der Waals surface area contributed by atoms with Gasteiger partial charge in [0.25, 0.3) is 0 Å². The van der Waals surface area contributed by atoms with Crippen LogP contribution in [-0.2, 0) is 4.79 Å². The molecule has 0 aliphatic heterocycles. The van der Waals surface area contributed by atoms with Crippen LogP contribution in [0.5, 0.6) is 5.75 Å². The molecule has 1 atom stereocenters. The summed E-state index contributed by atoms with van der Waals surface area (Å²) in [6.45, 7) is 7.54. The lowest BCUT2D eigenvalue weighted by atomic mass is 10.1. The second kappa shape index (κ2) is 11.5. The smallest absolute Gasteiger partial charge is 0.220 e. The third kappa shape index (κ3) is 8.61. The number of ether oxygens (including phenoxy) is 1. The van der Waals surface area contributed by atoms with Gasteiger partial charge in [0.05, 0.1) is 18.8 Å². The van der Waals surface area contributed by atoms with Crippen molar-refractivity contribution in [2.75, 3.05) is 19.6 Å². The number of amides is 1. The van der Waals surface area contributed by atoms with Gasteiger partial charge in [-0.3, -0.25) is 9.79 Å². The van der Waals surface area contributed by atoms with Crippen LogP contribution in [0.3, 0.4) is 0 Å². The van der Waals surface area contributed by atoms with E-state index < -0.39 is 6.10 Å². The van der Waals surface area contributed by atoms with E-state index >= 15 is 0 Å². The first kappa shape index (κ1) is 22.0. The predicted octanol–water partition coefficient (Wildman–Crippen LogP) is 2.12. The van der Waals surface area contributed by atoms with E-state index in [1.807, 2.05) is 45.0 Å². The van der Waals surface area contributed by atoms with Gasteiger partial charge in [0.1, 0.15) is 5.75 Å². The van der Waals surface area contributed by atoms with Gasteiger partial charge in [0.2, 0.25) is 5.91 Å². The first-order valence-corrected chi connectivity index (χ1v) is 10.2. The number of aliphatic hydroxyl groups is 1. The highest BCUT2D eigenvalue weighted by Gasteiger charge is 2.22. The Balaban J connectivity index is 1.79. The zero-order valence-corrected chi connectivity index (χ0v) is 17.2. The van der Waals surface area contributed by atoms with Gasteiger partial charge in [0, 0.05) is 25.6 Å². The van der Waals surface area contributed by atoms with Gasteiger partial charge < -0.3 is 25.8 Å². The molecule has 1 fully saturated rings. The van der Waals surface area contributed by atoms with Crippen molar-refractivity contribution in [2.24, 2.45) is 4.99 Å². The summed E-state index contributed by atoms with van der Waals surface area (Å²) in [6.07, 6.45) is 2.83. The zero-order chi connectivity index (χ0) is 20.4. The predicted molar refractivity (Wildman–Crippen MR) is 112 cm³/mol. The van der Waals surface area contributed by atoms with Crippen LogP contribution in [-0.4, -0.2) is 48.8 Å². The summed E-state index contributed by atoms with van der Waals surface area (Å²) in [5.41, 5.74) is 0.773. The van der Waals surface area contributed by atoms with Crippen LogP contribution in [0.1, 0.15) is 58.1 Å². The molecule has 7 nitrogen and oxygen atoms in total. The van der Waals surface area contributed by atoms with Crippen molar-refractivity contribution in [3.05, 3.63) is 29.8 Å². The van der Waals surface area contributed by atoms with Crippen molar-refractivity contribution in [1.29, 1.82) is 0 Å². The summed E-state index contributed by atoms with van der Waals surface area (Å²) in [5, 5.41) is 19.8. The van der Waals surface area contributed by atoms with Crippen molar-refractivity contribution in [3.8, 4) is 5.75 Å². The number of rotatable bonds is 11. The lowest BCUT2D eigenvalue weighted by Gasteiger charge is -2.15. The zero-order valence-electron chi connectivity index (χ0n) is 17.2. The molecule has 0 radical (unpaired) electrons. The minimum Gasteiger partial charge on any atom is -0.491 e. The molecule has 1 unspecified atom stereocenters. The summed E-state index contributed by atoms with van der Waals surface area (Å²) in [6, 6.07) is 7.87. The number of hydrogen-bond donors (Lipinski definition) is 4. The third-order valence-electron chi connectivity index (χ3n) is 4.20. The fourth-order valence-corrected chi connectivity index (χ4v) is 2.68. The maximum Gasteiger partial charge on any atom is 0.220 e. The lowest BCUT2D eigenvalue weighted by molar-refractivity contribution is -0.121. The van der Waals surface area contributed by atoms with E-state index in [4.69, 9.17) is 4.74 Å². The second-order valence-corrected chi connectivity index (χ2v) is 7.35. The molecule has 4 N–H and O–H groups in total. The average Bonchev–Trinajstić information content (AvgIpc) is 3.46. The van der Waals surface area contributed by atoms with E-state index in [2.05, 4.69) is 20.9 Å². The standard InChI is InChI=1S/C21H34N4O3/c1-4-22-21(23-12-6-9-20(27)25-17-10-11-17)24-14-19(26)16-7-5-8-18(13-16)28-15(2)3/h5,7-8,13,15,17,19,26H,4,6,9-12,14H2,1-3H3,(H,25,27)(H2,22,23,24). The van der Waals surface area contributed by atoms with Gasteiger partial charge >= 0.3 is 0 Å². The Morgan fingerprint density at radius 1 is 1.32 bits per heavy atom. The molecule has 1 amide bonds. The van der Waals surface area contributed by atoms with E-state index in [0.717, 1.165) is 37.1 Å². The van der Waals surface area contributed by atoms with Gasteiger partial charge in [0.15, 0.2) is 5.96 Å². The molecule has 28 heavy (non-hydrogen) atoms. The highest BCUT2D eigenvalue weighted by atomic mass is 16.5. The molecule has 0 aromatic heterocycles. The first-order chi connectivity index (χ1) is 13.5. The van der Waals surface area contributed by atoms with Gasteiger partial charge in [-0.15, -0.1) is 0 Å². The SMILES string of the molecule is CCNC(=NCC(O)c1cccc(OC(C)C)c1)NCCCC(=O)NC1CC1. The minimum absolute atomic E-state index is 0.0846. The number of carbonyl (C=O) groups excluding carboxylic acids is 1. The van der Waals surface area contributed by atoms with Crippen LogP contribution in [0.2, 0.25) is 0 Å². The van der Waals surface area contributed by atoms with Crippen LogP contribution >= 0.6 is 0 Å². The Hall–Kier alpha value is -2.28. The van der Waals surface area contributed by atoms with E-state index in [1.165, 1.54) is 0 Å². The summed E-state index contributed by atoms with van der Waals surface area (Å²) < 4.78 is 5.68. The third-order valence-corrected chi connectivity index (χ3v) is 4.20.